The van der Waals surface area contributed by atoms with E-state index in [2.05, 4.69) is 59.7 Å². The molecule has 8 heteroatoms. The number of nitrogens with zero attached hydrogens (tertiary/aromatic N) is 1. The van der Waals surface area contributed by atoms with Gasteiger partial charge in [-0.05, 0) is 104 Å². The number of amides is 1. The van der Waals surface area contributed by atoms with Crippen LogP contribution in [0.5, 0.6) is 11.5 Å². The monoisotopic (exact) mass is 633 g/mol. The number of allylic oxidation sites excluding steroid dienone is 1. The van der Waals surface area contributed by atoms with Gasteiger partial charge in [0.05, 0.1) is 16.1 Å². The van der Waals surface area contributed by atoms with Crippen molar-refractivity contribution in [3.63, 3.8) is 0 Å². The summed E-state index contributed by atoms with van der Waals surface area (Å²) < 4.78 is 11.8. The van der Waals surface area contributed by atoms with E-state index in [0.29, 0.717) is 47.6 Å². The zero-order valence-electron chi connectivity index (χ0n) is 25.7. The van der Waals surface area contributed by atoms with Gasteiger partial charge in [-0.2, -0.15) is 0 Å². The van der Waals surface area contributed by atoms with Gasteiger partial charge in [-0.25, -0.2) is 0 Å². The first-order valence-electron chi connectivity index (χ1n) is 15.7. The number of piperazine rings is 1. The first kappa shape index (κ1) is 31.0. The standard InChI is InChI=1S/C36H41Cl2N3O3/c1-22-17-31(37)35(32(38)18-22)44-16-15-43-29-12-7-25(8-13-29)30-14-9-27-19-39-20-33(40-27)34(30)36(42)41(28-10-11-28)21-26-6-4-5-23(2)24(26)3/h4-8,12-13,17-18,27-28,33,39-40H,9-11,14-16,19-21H2,1-3H3/t27?,33-/m1/s1. The minimum Gasteiger partial charge on any atom is -0.490 e. The molecule has 2 atom stereocenters. The van der Waals surface area contributed by atoms with E-state index in [1.165, 1.54) is 16.7 Å². The zero-order chi connectivity index (χ0) is 30.8. The van der Waals surface area contributed by atoms with Crippen molar-refractivity contribution in [2.24, 2.45) is 0 Å². The van der Waals surface area contributed by atoms with Crippen LogP contribution < -0.4 is 20.1 Å². The second-order valence-corrected chi connectivity index (χ2v) is 13.1. The lowest BCUT2D eigenvalue weighted by Crippen LogP contribution is -2.56. The van der Waals surface area contributed by atoms with Gasteiger partial charge in [0.1, 0.15) is 19.0 Å². The van der Waals surface area contributed by atoms with Crippen molar-refractivity contribution in [2.45, 2.75) is 71.1 Å². The Kier molecular flexibility index (Phi) is 9.53. The fourth-order valence-electron chi connectivity index (χ4n) is 6.37. The summed E-state index contributed by atoms with van der Waals surface area (Å²) in [5.41, 5.74) is 7.87. The molecule has 2 heterocycles. The van der Waals surface area contributed by atoms with Gasteiger partial charge in [-0.15, -0.1) is 0 Å². The third kappa shape index (κ3) is 6.94. The lowest BCUT2D eigenvalue weighted by Gasteiger charge is -2.33. The highest BCUT2D eigenvalue weighted by Crippen LogP contribution is 2.37. The number of benzene rings is 3. The molecule has 3 aliphatic rings. The minimum atomic E-state index is -0.0212. The molecule has 44 heavy (non-hydrogen) atoms. The Bertz CT molecular complexity index is 1530. The van der Waals surface area contributed by atoms with Gasteiger partial charge in [0.2, 0.25) is 0 Å². The number of nitrogens with one attached hydrogen (secondary N) is 2. The van der Waals surface area contributed by atoms with Gasteiger partial charge in [-0.1, -0.05) is 53.5 Å². The third-order valence-electron chi connectivity index (χ3n) is 9.07. The molecule has 1 amide bonds. The van der Waals surface area contributed by atoms with Crippen molar-refractivity contribution in [2.75, 3.05) is 26.3 Å². The van der Waals surface area contributed by atoms with Gasteiger partial charge >= 0.3 is 0 Å². The van der Waals surface area contributed by atoms with Crippen molar-refractivity contribution >= 4 is 34.7 Å². The van der Waals surface area contributed by atoms with Crippen LogP contribution in [-0.4, -0.2) is 55.2 Å². The highest BCUT2D eigenvalue weighted by Gasteiger charge is 2.39. The lowest BCUT2D eigenvalue weighted by atomic mass is 9.91. The number of fused-ring (bicyclic) bond motifs is 2. The number of halogens is 2. The van der Waals surface area contributed by atoms with Crippen LogP contribution in [0.3, 0.4) is 0 Å². The molecule has 2 fully saturated rings. The van der Waals surface area contributed by atoms with Crippen molar-refractivity contribution in [3.8, 4) is 11.5 Å². The topological polar surface area (TPSA) is 62.8 Å². The average molecular weight is 635 g/mol. The molecule has 0 spiro atoms. The number of ether oxygens (including phenoxy) is 2. The van der Waals surface area contributed by atoms with Gasteiger partial charge in [0.25, 0.3) is 5.91 Å². The normalized spacial score (nSPS) is 19.8. The van der Waals surface area contributed by atoms with Crippen LogP contribution in [0.4, 0.5) is 0 Å². The van der Waals surface area contributed by atoms with E-state index in [1.54, 1.807) is 0 Å². The number of aryl methyl sites for hydroxylation is 2. The number of carbonyl (C=O) groups excluding carboxylic acids is 1. The number of carbonyl (C=O) groups is 1. The number of hydrogen-bond donors (Lipinski definition) is 2. The summed E-state index contributed by atoms with van der Waals surface area (Å²) in [6.07, 6.45) is 3.97. The van der Waals surface area contributed by atoms with Gasteiger partial charge < -0.3 is 25.0 Å². The Morgan fingerprint density at radius 3 is 2.39 bits per heavy atom. The predicted octanol–water partition coefficient (Wildman–Crippen LogP) is 7.05. The Hall–Kier alpha value is -3.03. The molecule has 2 N–H and O–H groups in total. The number of hydrogen-bond acceptors (Lipinski definition) is 5. The van der Waals surface area contributed by atoms with Crippen molar-refractivity contribution in [1.29, 1.82) is 0 Å². The predicted molar refractivity (Wildman–Crippen MR) is 178 cm³/mol. The van der Waals surface area contributed by atoms with E-state index in [1.807, 2.05) is 31.2 Å². The molecule has 3 aromatic rings. The summed E-state index contributed by atoms with van der Waals surface area (Å²) >= 11 is 12.6. The van der Waals surface area contributed by atoms with Crippen molar-refractivity contribution in [3.05, 3.63) is 98.0 Å². The van der Waals surface area contributed by atoms with Crippen LogP contribution in [0.2, 0.25) is 10.0 Å². The quantitative estimate of drug-likeness (QED) is 0.234. The summed E-state index contributed by atoms with van der Waals surface area (Å²) in [7, 11) is 0. The van der Waals surface area contributed by atoms with Crippen LogP contribution >= 0.6 is 23.2 Å². The molecule has 232 valence electrons. The smallest absolute Gasteiger partial charge is 0.252 e. The SMILES string of the molecule is Cc1cc(Cl)c(OCCOc2ccc(C3=C(C(=O)N(Cc4cccc(C)c4C)C4CC4)[C@H]4CNCC(CC3)N4)cc2)c(Cl)c1. The minimum absolute atomic E-state index is 0.0212. The maximum Gasteiger partial charge on any atom is 0.252 e. The molecule has 1 saturated carbocycles. The fourth-order valence-corrected chi connectivity index (χ4v) is 7.08. The van der Waals surface area contributed by atoms with Crippen molar-refractivity contribution < 1.29 is 14.3 Å². The third-order valence-corrected chi connectivity index (χ3v) is 9.63. The van der Waals surface area contributed by atoms with E-state index >= 15 is 0 Å². The van der Waals surface area contributed by atoms with Crippen LogP contribution in [0, 0.1) is 20.8 Å². The molecule has 0 aromatic heterocycles. The molecular formula is C36H41Cl2N3O3. The van der Waals surface area contributed by atoms with Crippen LogP contribution in [0.1, 0.15) is 53.5 Å². The molecular weight excluding hydrogens is 593 g/mol. The first-order valence-corrected chi connectivity index (χ1v) is 16.4. The summed E-state index contributed by atoms with van der Waals surface area (Å²) in [6.45, 7) is 9.22. The van der Waals surface area contributed by atoms with E-state index in [9.17, 15) is 4.79 Å². The molecule has 6 nitrogen and oxygen atoms in total. The summed E-state index contributed by atoms with van der Waals surface area (Å²) in [5.74, 6) is 1.38. The second kappa shape index (κ2) is 13.5. The van der Waals surface area contributed by atoms with Crippen LogP contribution in [0.25, 0.3) is 5.57 Å². The maximum absolute atomic E-state index is 14.6. The molecule has 1 unspecified atom stereocenters. The Morgan fingerprint density at radius 1 is 0.932 bits per heavy atom. The molecule has 3 aromatic carbocycles. The molecule has 2 aliphatic heterocycles. The maximum atomic E-state index is 14.6. The van der Waals surface area contributed by atoms with Gasteiger partial charge in [0.15, 0.2) is 5.75 Å². The van der Waals surface area contributed by atoms with Crippen LogP contribution in [0.15, 0.2) is 60.2 Å². The lowest BCUT2D eigenvalue weighted by molar-refractivity contribution is -0.128. The largest absolute Gasteiger partial charge is 0.490 e. The van der Waals surface area contributed by atoms with Gasteiger partial charge in [-0.3, -0.25) is 4.79 Å². The zero-order valence-corrected chi connectivity index (χ0v) is 27.2. The molecule has 2 bridgehead atoms. The summed E-state index contributed by atoms with van der Waals surface area (Å²) in [6, 6.07) is 18.8. The molecule has 1 aliphatic carbocycles. The van der Waals surface area contributed by atoms with E-state index in [4.69, 9.17) is 32.7 Å². The Labute approximate surface area is 270 Å². The van der Waals surface area contributed by atoms with E-state index in [-0.39, 0.29) is 11.9 Å². The molecule has 0 radical (unpaired) electrons. The fraction of sp³-hybridized carbons (Fsp3) is 0.417. The van der Waals surface area contributed by atoms with Crippen molar-refractivity contribution in [1.82, 2.24) is 15.5 Å². The summed E-state index contributed by atoms with van der Waals surface area (Å²) in [5, 5.41) is 8.35. The van der Waals surface area contributed by atoms with Gasteiger partial charge in [0, 0.05) is 37.3 Å². The average Bonchev–Trinajstić information content (AvgIpc) is 3.85. The number of rotatable bonds is 10. The van der Waals surface area contributed by atoms with E-state index < -0.39 is 0 Å². The highest BCUT2D eigenvalue weighted by atomic mass is 35.5. The second-order valence-electron chi connectivity index (χ2n) is 12.3. The van der Waals surface area contributed by atoms with Crippen LogP contribution in [-0.2, 0) is 11.3 Å². The molecule has 6 rings (SSSR count). The Balaban J connectivity index is 1.21. The Morgan fingerprint density at radius 2 is 1.66 bits per heavy atom. The molecule has 1 saturated heterocycles. The van der Waals surface area contributed by atoms with E-state index in [0.717, 1.165) is 66.8 Å². The summed E-state index contributed by atoms with van der Waals surface area (Å²) in [4.78, 5) is 16.7. The highest BCUT2D eigenvalue weighted by molar-refractivity contribution is 6.37. The first-order chi connectivity index (χ1) is 21.3.